The number of benzene rings is 2. The second-order valence-electron chi connectivity index (χ2n) is 6.31. The fourth-order valence-electron chi connectivity index (χ4n) is 2.93. The SMILES string of the molecule is O=[N+]([O-])c1ccc(NCCNc2nc(-c3ccncc3)nc3ccccc23)cc1. The van der Waals surface area contributed by atoms with Crippen LogP contribution in [0.25, 0.3) is 22.3 Å². The molecule has 4 rings (SSSR count). The standard InChI is InChI=1S/C21H18N6O2/c28-27(29)17-7-5-16(6-8-17)23-13-14-24-21-18-3-1-2-4-19(18)25-20(26-21)15-9-11-22-12-10-15/h1-12,23H,13-14H2,(H,24,25,26). The molecule has 0 fully saturated rings. The van der Waals surface area contributed by atoms with E-state index in [2.05, 4.69) is 20.6 Å². The number of nitro groups is 1. The van der Waals surface area contributed by atoms with Gasteiger partial charge < -0.3 is 10.6 Å². The number of nitrogens with zero attached hydrogens (tertiary/aromatic N) is 4. The van der Waals surface area contributed by atoms with E-state index in [1.165, 1.54) is 12.1 Å². The summed E-state index contributed by atoms with van der Waals surface area (Å²) in [7, 11) is 0. The number of non-ortho nitro benzene ring substituents is 1. The molecular formula is C21H18N6O2. The number of para-hydroxylation sites is 1. The quantitative estimate of drug-likeness (QED) is 0.279. The van der Waals surface area contributed by atoms with E-state index in [1.807, 2.05) is 36.4 Å². The third kappa shape index (κ3) is 4.27. The molecule has 2 aromatic carbocycles. The molecule has 0 aliphatic heterocycles. The van der Waals surface area contributed by atoms with E-state index in [0.717, 1.165) is 28.0 Å². The summed E-state index contributed by atoms with van der Waals surface area (Å²) in [6, 6.07) is 18.0. The maximum atomic E-state index is 10.7. The summed E-state index contributed by atoms with van der Waals surface area (Å²) >= 11 is 0. The lowest BCUT2D eigenvalue weighted by Crippen LogP contribution is -2.15. The van der Waals surface area contributed by atoms with Crippen molar-refractivity contribution in [1.29, 1.82) is 0 Å². The molecule has 0 spiro atoms. The van der Waals surface area contributed by atoms with E-state index in [-0.39, 0.29) is 5.69 Å². The highest BCUT2D eigenvalue weighted by Crippen LogP contribution is 2.24. The average Bonchev–Trinajstić information content (AvgIpc) is 2.77. The molecule has 0 radical (unpaired) electrons. The van der Waals surface area contributed by atoms with Gasteiger partial charge in [-0.05, 0) is 36.4 Å². The number of hydrogen-bond acceptors (Lipinski definition) is 7. The fraction of sp³-hybridized carbons (Fsp3) is 0.0952. The summed E-state index contributed by atoms with van der Waals surface area (Å²) in [4.78, 5) is 23.7. The van der Waals surface area contributed by atoms with Gasteiger partial charge in [0.2, 0.25) is 0 Å². The van der Waals surface area contributed by atoms with Crippen LogP contribution in [0.3, 0.4) is 0 Å². The lowest BCUT2D eigenvalue weighted by Gasteiger charge is -2.12. The van der Waals surface area contributed by atoms with E-state index in [1.54, 1.807) is 24.5 Å². The van der Waals surface area contributed by atoms with Gasteiger partial charge in [-0.25, -0.2) is 9.97 Å². The number of hydrogen-bond donors (Lipinski definition) is 2. The van der Waals surface area contributed by atoms with Crippen LogP contribution in [0.15, 0.2) is 73.1 Å². The highest BCUT2D eigenvalue weighted by atomic mass is 16.6. The first-order chi connectivity index (χ1) is 14.2. The van der Waals surface area contributed by atoms with Crippen molar-refractivity contribution >= 4 is 28.1 Å². The minimum atomic E-state index is -0.411. The molecule has 0 amide bonds. The summed E-state index contributed by atoms with van der Waals surface area (Å²) < 4.78 is 0. The van der Waals surface area contributed by atoms with Crippen LogP contribution in [-0.4, -0.2) is 33.0 Å². The van der Waals surface area contributed by atoms with Gasteiger partial charge in [-0.2, -0.15) is 0 Å². The molecule has 0 saturated heterocycles. The molecule has 29 heavy (non-hydrogen) atoms. The van der Waals surface area contributed by atoms with E-state index < -0.39 is 4.92 Å². The lowest BCUT2D eigenvalue weighted by atomic mass is 10.2. The van der Waals surface area contributed by atoms with E-state index in [0.29, 0.717) is 18.9 Å². The minimum Gasteiger partial charge on any atom is -0.383 e. The van der Waals surface area contributed by atoms with Crippen LogP contribution in [-0.2, 0) is 0 Å². The zero-order valence-corrected chi connectivity index (χ0v) is 15.4. The Morgan fingerprint density at radius 2 is 1.59 bits per heavy atom. The van der Waals surface area contributed by atoms with Gasteiger partial charge in [0.25, 0.3) is 5.69 Å². The summed E-state index contributed by atoms with van der Waals surface area (Å²) in [5.41, 5.74) is 2.66. The summed E-state index contributed by atoms with van der Waals surface area (Å²) in [5.74, 6) is 1.39. The van der Waals surface area contributed by atoms with Gasteiger partial charge in [-0.3, -0.25) is 15.1 Å². The van der Waals surface area contributed by atoms with Crippen LogP contribution >= 0.6 is 0 Å². The predicted molar refractivity (Wildman–Crippen MR) is 113 cm³/mol. The average molecular weight is 386 g/mol. The highest BCUT2D eigenvalue weighted by molar-refractivity contribution is 5.90. The number of aromatic nitrogens is 3. The zero-order chi connectivity index (χ0) is 20.1. The first-order valence-corrected chi connectivity index (χ1v) is 9.10. The summed E-state index contributed by atoms with van der Waals surface area (Å²) in [6.07, 6.45) is 3.43. The first kappa shape index (κ1) is 18.3. The van der Waals surface area contributed by atoms with Crippen molar-refractivity contribution in [2.24, 2.45) is 0 Å². The normalized spacial score (nSPS) is 10.6. The molecule has 0 atom stereocenters. The number of fused-ring (bicyclic) bond motifs is 1. The van der Waals surface area contributed by atoms with Crippen molar-refractivity contribution in [3.05, 3.63) is 83.2 Å². The van der Waals surface area contributed by atoms with Crippen molar-refractivity contribution in [2.75, 3.05) is 23.7 Å². The maximum absolute atomic E-state index is 10.7. The number of nitrogens with one attached hydrogen (secondary N) is 2. The van der Waals surface area contributed by atoms with Crippen LogP contribution in [0.2, 0.25) is 0 Å². The summed E-state index contributed by atoms with van der Waals surface area (Å²) in [5, 5.41) is 18.3. The van der Waals surface area contributed by atoms with Gasteiger partial charge >= 0.3 is 0 Å². The molecule has 2 heterocycles. The fourth-order valence-corrected chi connectivity index (χ4v) is 2.93. The van der Waals surface area contributed by atoms with Gasteiger partial charge in [0.1, 0.15) is 5.82 Å². The van der Waals surface area contributed by atoms with E-state index >= 15 is 0 Å². The number of rotatable bonds is 7. The molecule has 8 nitrogen and oxygen atoms in total. The molecule has 4 aromatic rings. The topological polar surface area (TPSA) is 106 Å². The van der Waals surface area contributed by atoms with Crippen LogP contribution < -0.4 is 10.6 Å². The van der Waals surface area contributed by atoms with Gasteiger partial charge in [-0.1, -0.05) is 12.1 Å². The molecule has 0 saturated carbocycles. The molecule has 144 valence electrons. The second-order valence-corrected chi connectivity index (χ2v) is 6.31. The molecular weight excluding hydrogens is 368 g/mol. The van der Waals surface area contributed by atoms with Crippen molar-refractivity contribution in [3.63, 3.8) is 0 Å². The van der Waals surface area contributed by atoms with E-state index in [4.69, 9.17) is 4.98 Å². The third-order valence-corrected chi connectivity index (χ3v) is 4.37. The van der Waals surface area contributed by atoms with Crippen LogP contribution in [0.5, 0.6) is 0 Å². The number of anilines is 2. The lowest BCUT2D eigenvalue weighted by molar-refractivity contribution is -0.384. The molecule has 0 unspecified atom stereocenters. The van der Waals surface area contributed by atoms with Gasteiger partial charge in [0, 0.05) is 54.3 Å². The molecule has 2 N–H and O–H groups in total. The molecule has 8 heteroatoms. The Balaban J connectivity index is 1.48. The van der Waals surface area contributed by atoms with Crippen molar-refractivity contribution in [1.82, 2.24) is 15.0 Å². The van der Waals surface area contributed by atoms with Gasteiger partial charge in [-0.15, -0.1) is 0 Å². The Morgan fingerprint density at radius 1 is 0.862 bits per heavy atom. The molecule has 2 aromatic heterocycles. The van der Waals surface area contributed by atoms with Gasteiger partial charge in [0.05, 0.1) is 10.4 Å². The molecule has 0 aliphatic carbocycles. The Hall–Kier alpha value is -4.07. The van der Waals surface area contributed by atoms with E-state index in [9.17, 15) is 10.1 Å². The molecule has 0 aliphatic rings. The Morgan fingerprint density at radius 3 is 2.34 bits per heavy atom. The Kier molecular flexibility index (Phi) is 5.24. The molecule has 0 bridgehead atoms. The van der Waals surface area contributed by atoms with Crippen LogP contribution in [0, 0.1) is 10.1 Å². The number of pyridine rings is 1. The minimum absolute atomic E-state index is 0.0739. The smallest absolute Gasteiger partial charge is 0.269 e. The summed E-state index contributed by atoms with van der Waals surface area (Å²) in [6.45, 7) is 1.24. The predicted octanol–water partition coefficient (Wildman–Crippen LogP) is 4.12. The third-order valence-electron chi connectivity index (χ3n) is 4.37. The Bertz CT molecular complexity index is 1130. The van der Waals surface area contributed by atoms with Crippen LogP contribution in [0.1, 0.15) is 0 Å². The van der Waals surface area contributed by atoms with Crippen molar-refractivity contribution in [2.45, 2.75) is 0 Å². The largest absolute Gasteiger partial charge is 0.383 e. The van der Waals surface area contributed by atoms with Gasteiger partial charge in [0.15, 0.2) is 5.82 Å². The maximum Gasteiger partial charge on any atom is 0.269 e. The van der Waals surface area contributed by atoms with Crippen molar-refractivity contribution < 1.29 is 4.92 Å². The number of nitro benzene ring substituents is 1. The Labute approximate surface area is 166 Å². The second kappa shape index (κ2) is 8.30. The highest BCUT2D eigenvalue weighted by Gasteiger charge is 2.09. The van der Waals surface area contributed by atoms with Crippen molar-refractivity contribution in [3.8, 4) is 11.4 Å². The zero-order valence-electron chi connectivity index (χ0n) is 15.4. The first-order valence-electron chi connectivity index (χ1n) is 9.10. The monoisotopic (exact) mass is 386 g/mol. The van der Waals surface area contributed by atoms with Crippen LogP contribution in [0.4, 0.5) is 17.2 Å².